The van der Waals surface area contributed by atoms with Gasteiger partial charge in [-0.3, -0.25) is 0 Å². The summed E-state index contributed by atoms with van der Waals surface area (Å²) in [5.41, 5.74) is 3.56. The van der Waals surface area contributed by atoms with Crippen molar-refractivity contribution >= 4 is 22.9 Å². The van der Waals surface area contributed by atoms with E-state index >= 15 is 0 Å². The predicted octanol–water partition coefficient (Wildman–Crippen LogP) is 18.1. The number of benzene rings is 6. The molecule has 0 spiro atoms. The Balaban J connectivity index is 1.08. The minimum atomic E-state index is -0.544. The number of ether oxygens (including phenoxy) is 6. The molecule has 0 aromatic heterocycles. The Kier molecular flexibility index (Phi) is 23.2. The molecule has 0 unspecified atom stereocenters. The first kappa shape index (κ1) is 58.3. The van der Waals surface area contributed by atoms with Crippen LogP contribution in [0.4, 0.5) is 0 Å². The second-order valence-electron chi connectivity index (χ2n) is 22.4. The van der Waals surface area contributed by atoms with Gasteiger partial charge in [-0.05, 0) is 109 Å². The molecule has 0 fully saturated rings. The van der Waals surface area contributed by atoms with Crippen molar-refractivity contribution in [1.29, 1.82) is 0 Å². The van der Waals surface area contributed by atoms with Gasteiger partial charge in [0.25, 0.3) is 0 Å². The highest BCUT2D eigenvalue weighted by Crippen LogP contribution is 2.43. The molecular weight excluding hydrogens is 961 g/mol. The molecule has 78 heavy (non-hydrogen) atoms. The predicted molar refractivity (Wildman–Crippen MR) is 326 cm³/mol. The van der Waals surface area contributed by atoms with Crippen molar-refractivity contribution in [2.45, 2.75) is 193 Å². The monoisotopic (exact) mass is 1050 g/mol. The zero-order chi connectivity index (χ0) is 54.1. The number of hydrogen-bond donors (Lipinski definition) is 0. The van der Waals surface area contributed by atoms with E-state index in [1.165, 1.54) is 128 Å². The fourth-order valence-corrected chi connectivity index (χ4v) is 11.6. The maximum absolute atomic E-state index is 7.09. The molecule has 0 bridgehead atoms. The van der Waals surface area contributed by atoms with Gasteiger partial charge in [0.1, 0.15) is 47.7 Å². The van der Waals surface area contributed by atoms with Gasteiger partial charge in [-0.1, -0.05) is 229 Å². The summed E-state index contributed by atoms with van der Waals surface area (Å²) in [6.07, 6.45) is 34.7. The molecular formula is C72H94O6. The van der Waals surface area contributed by atoms with E-state index in [9.17, 15) is 0 Å². The van der Waals surface area contributed by atoms with Crippen molar-refractivity contribution in [2.75, 3.05) is 39.6 Å². The van der Waals surface area contributed by atoms with Gasteiger partial charge in [0.15, 0.2) is 0 Å². The van der Waals surface area contributed by atoms with Gasteiger partial charge in [0.05, 0.1) is 37.3 Å². The van der Waals surface area contributed by atoms with Gasteiger partial charge in [0, 0.05) is 21.2 Å². The minimum Gasteiger partial charge on any atom is -0.494 e. The van der Waals surface area contributed by atoms with Crippen LogP contribution >= 0.6 is 0 Å². The Labute approximate surface area is 469 Å². The van der Waals surface area contributed by atoms with Gasteiger partial charge in [-0.15, -0.1) is 0 Å². The quantitative estimate of drug-likeness (QED) is 0.0366. The van der Waals surface area contributed by atoms with Crippen LogP contribution in [0.2, 0.25) is 0 Å². The third-order valence-corrected chi connectivity index (χ3v) is 16.4. The third kappa shape index (κ3) is 15.7. The fourth-order valence-electron chi connectivity index (χ4n) is 11.6. The van der Waals surface area contributed by atoms with E-state index in [0.717, 1.165) is 130 Å². The van der Waals surface area contributed by atoms with Gasteiger partial charge in [-0.25, -0.2) is 0 Å². The summed E-state index contributed by atoms with van der Waals surface area (Å²) in [5.74, 6) is 5.40. The average molecular weight is 1060 g/mol. The summed E-state index contributed by atoms with van der Waals surface area (Å²) in [6, 6.07) is 43.8. The molecule has 6 aromatic carbocycles. The van der Waals surface area contributed by atoms with Crippen molar-refractivity contribution in [2.24, 2.45) is 0 Å². The van der Waals surface area contributed by atoms with Crippen molar-refractivity contribution in [1.82, 2.24) is 0 Å². The molecule has 6 aromatic rings. The molecule has 8 rings (SSSR count). The van der Waals surface area contributed by atoms with Crippen LogP contribution in [-0.2, 0) is 10.8 Å². The van der Waals surface area contributed by atoms with Crippen LogP contribution in [0.25, 0.3) is 22.9 Å². The highest BCUT2D eigenvalue weighted by Gasteiger charge is 2.39. The van der Waals surface area contributed by atoms with Crippen LogP contribution in [-0.4, -0.2) is 39.6 Å². The Hall–Kier alpha value is -5.88. The molecule has 2 aliphatic heterocycles. The molecule has 0 saturated carbocycles. The Morgan fingerprint density at radius 3 is 0.795 bits per heavy atom. The van der Waals surface area contributed by atoms with E-state index in [2.05, 4.69) is 161 Å². The smallest absolute Gasteiger partial charge is 0.134 e. The van der Waals surface area contributed by atoms with Crippen LogP contribution in [0.15, 0.2) is 121 Å². The Morgan fingerprint density at radius 1 is 0.295 bits per heavy atom. The van der Waals surface area contributed by atoms with Gasteiger partial charge in [0.2, 0.25) is 0 Å². The van der Waals surface area contributed by atoms with Crippen LogP contribution in [0, 0.1) is 0 Å². The highest BCUT2D eigenvalue weighted by atomic mass is 16.5. The van der Waals surface area contributed by atoms with E-state index in [-0.39, 0.29) is 0 Å². The van der Waals surface area contributed by atoms with E-state index in [0.29, 0.717) is 13.2 Å². The summed E-state index contributed by atoms with van der Waals surface area (Å²) in [4.78, 5) is 0. The lowest BCUT2D eigenvalue weighted by Crippen LogP contribution is -2.39. The zero-order valence-corrected chi connectivity index (χ0v) is 48.4. The van der Waals surface area contributed by atoms with E-state index in [1.54, 1.807) is 0 Å². The SMILES string of the molecule is CCCCCCCCOc1ccc(C2(c3ccc(OCCCCCCCC)cc3)C=c3ccc4c5c(ccc4c3OC2)=CC(c2ccc(OCCCCCCCC)cc2)(c2ccc(OCCCCCCCC)cc2)CO5)cc1. The second-order valence-corrected chi connectivity index (χ2v) is 22.4. The van der Waals surface area contributed by atoms with Crippen molar-refractivity contribution in [3.63, 3.8) is 0 Å². The van der Waals surface area contributed by atoms with Crippen molar-refractivity contribution < 1.29 is 28.4 Å². The molecule has 0 N–H and O–H groups in total. The summed E-state index contributed by atoms with van der Waals surface area (Å²) in [6.45, 7) is 12.9. The normalized spacial score (nSPS) is 14.1. The van der Waals surface area contributed by atoms with Gasteiger partial charge < -0.3 is 28.4 Å². The Bertz CT molecular complexity index is 2480. The largest absolute Gasteiger partial charge is 0.494 e. The lowest BCUT2D eigenvalue weighted by Gasteiger charge is -2.36. The van der Waals surface area contributed by atoms with E-state index in [4.69, 9.17) is 28.4 Å². The highest BCUT2D eigenvalue weighted by molar-refractivity contribution is 5.95. The number of unbranched alkanes of at least 4 members (excludes halogenated alkanes) is 20. The van der Waals surface area contributed by atoms with Gasteiger partial charge >= 0.3 is 0 Å². The summed E-state index contributed by atoms with van der Waals surface area (Å²) in [7, 11) is 0. The van der Waals surface area contributed by atoms with E-state index < -0.39 is 10.8 Å². The fraction of sp³-hybridized carbons (Fsp3) is 0.500. The maximum Gasteiger partial charge on any atom is 0.134 e. The number of rotatable bonds is 36. The maximum atomic E-state index is 7.09. The Morgan fingerprint density at radius 2 is 0.538 bits per heavy atom. The first-order chi connectivity index (χ1) is 38.5. The van der Waals surface area contributed by atoms with Crippen LogP contribution < -0.4 is 38.9 Å². The van der Waals surface area contributed by atoms with Crippen LogP contribution in [0.5, 0.6) is 34.5 Å². The second kappa shape index (κ2) is 31.1. The summed E-state index contributed by atoms with van der Waals surface area (Å²) in [5, 5.41) is 4.22. The van der Waals surface area contributed by atoms with Crippen molar-refractivity contribution in [3.8, 4) is 34.5 Å². The first-order valence-corrected chi connectivity index (χ1v) is 31.0. The average Bonchev–Trinajstić information content (AvgIpc) is 3.56. The minimum absolute atomic E-state index is 0.444. The van der Waals surface area contributed by atoms with Crippen LogP contribution in [0.1, 0.15) is 204 Å². The van der Waals surface area contributed by atoms with E-state index in [1.807, 2.05) is 0 Å². The molecule has 6 heteroatoms. The lowest BCUT2D eigenvalue weighted by atomic mass is 9.73. The van der Waals surface area contributed by atoms with Crippen LogP contribution in [0.3, 0.4) is 0 Å². The molecule has 6 nitrogen and oxygen atoms in total. The zero-order valence-electron chi connectivity index (χ0n) is 48.4. The summed E-state index contributed by atoms with van der Waals surface area (Å²) >= 11 is 0. The standard InChI is InChI=1S/C72H94O6/c1-5-9-13-17-21-25-49-73-63-39-31-59(32-40-63)71(60-33-41-64(42-34-60)74-50-26-22-18-14-10-6-2)53-57-29-47-68-67(69(57)77-55-71)48-30-58-54-72(56-78-70(58)68,61-35-43-65(44-36-61)75-51-27-23-19-15-11-7-3)62-37-45-66(46-38-62)76-52-28-24-20-16-12-8-4/h29-48,53-54H,5-28,49-52,55-56H2,1-4H3. The molecule has 2 aliphatic rings. The molecule has 0 radical (unpaired) electrons. The topological polar surface area (TPSA) is 55.4 Å². The van der Waals surface area contributed by atoms with Crippen molar-refractivity contribution in [3.05, 3.63) is 154 Å². The number of fused-ring (bicyclic) bond motifs is 5. The molecule has 0 atom stereocenters. The molecule has 2 heterocycles. The molecule has 0 amide bonds. The number of hydrogen-bond acceptors (Lipinski definition) is 6. The lowest BCUT2D eigenvalue weighted by molar-refractivity contribution is 0.265. The summed E-state index contributed by atoms with van der Waals surface area (Å²) < 4.78 is 39.3. The molecule has 0 aliphatic carbocycles. The first-order valence-electron chi connectivity index (χ1n) is 31.0. The molecule has 418 valence electrons. The molecule has 0 saturated heterocycles. The van der Waals surface area contributed by atoms with Gasteiger partial charge in [-0.2, -0.15) is 0 Å². The third-order valence-electron chi connectivity index (χ3n) is 16.4.